The summed E-state index contributed by atoms with van der Waals surface area (Å²) < 4.78 is 7.31. The number of aryl methyl sites for hydroxylation is 2. The van der Waals surface area contributed by atoms with E-state index in [0.717, 1.165) is 42.8 Å². The number of carbonyl (C=O) groups excluding carboxylic acids is 3. The summed E-state index contributed by atoms with van der Waals surface area (Å²) in [4.78, 5) is 36.6. The second-order valence-corrected chi connectivity index (χ2v) is 7.84. The van der Waals surface area contributed by atoms with Gasteiger partial charge in [0.15, 0.2) is 6.10 Å². The number of benzene rings is 1. The van der Waals surface area contributed by atoms with Crippen LogP contribution in [0.1, 0.15) is 60.8 Å². The molecule has 1 aliphatic rings. The predicted molar refractivity (Wildman–Crippen MR) is 114 cm³/mol. The van der Waals surface area contributed by atoms with E-state index < -0.39 is 24.0 Å². The van der Waals surface area contributed by atoms with Gasteiger partial charge in [-0.2, -0.15) is 0 Å². The third kappa shape index (κ3) is 5.28. The van der Waals surface area contributed by atoms with E-state index >= 15 is 0 Å². The van der Waals surface area contributed by atoms with Crippen LogP contribution in [0.25, 0.3) is 5.69 Å². The standard InChI is InChI=1S/C23H29N3O4/c1-15-9-10-16(2)26(15)20-13-11-18(12-14-20)22(28)30-17(3)21(27)25-23(29)24-19-7-5-4-6-8-19/h9-14,17,19H,4-8H2,1-3H3,(H2,24,25,27,29)/t17-/m1/s1. The van der Waals surface area contributed by atoms with Crippen LogP contribution in [0.5, 0.6) is 0 Å². The van der Waals surface area contributed by atoms with E-state index in [1.165, 1.54) is 13.3 Å². The molecule has 0 unspecified atom stereocenters. The maximum Gasteiger partial charge on any atom is 0.338 e. The van der Waals surface area contributed by atoms with E-state index in [4.69, 9.17) is 4.74 Å². The molecule has 1 aromatic carbocycles. The van der Waals surface area contributed by atoms with Gasteiger partial charge >= 0.3 is 12.0 Å². The average Bonchev–Trinajstić information content (AvgIpc) is 3.06. The second-order valence-electron chi connectivity index (χ2n) is 7.84. The minimum Gasteiger partial charge on any atom is -0.449 e. The molecule has 0 aliphatic heterocycles. The highest BCUT2D eigenvalue weighted by Crippen LogP contribution is 2.18. The molecule has 1 aliphatic carbocycles. The first-order chi connectivity index (χ1) is 14.3. The van der Waals surface area contributed by atoms with Crippen molar-refractivity contribution in [2.24, 2.45) is 0 Å². The van der Waals surface area contributed by atoms with Gasteiger partial charge in [-0.05, 0) is 70.0 Å². The van der Waals surface area contributed by atoms with Gasteiger partial charge in [-0.1, -0.05) is 19.3 Å². The fraction of sp³-hybridized carbons (Fsp3) is 0.435. The molecule has 2 N–H and O–H groups in total. The SMILES string of the molecule is Cc1ccc(C)n1-c1ccc(C(=O)O[C@H](C)C(=O)NC(=O)NC2CCCCC2)cc1. The highest BCUT2D eigenvalue weighted by molar-refractivity contribution is 5.98. The molecule has 160 valence electrons. The van der Waals surface area contributed by atoms with E-state index in [1.807, 2.05) is 38.1 Å². The molecule has 1 saturated carbocycles. The summed E-state index contributed by atoms with van der Waals surface area (Å²) in [5, 5.41) is 5.06. The zero-order chi connectivity index (χ0) is 21.7. The largest absolute Gasteiger partial charge is 0.449 e. The lowest BCUT2D eigenvalue weighted by molar-refractivity contribution is -0.127. The number of hydrogen-bond acceptors (Lipinski definition) is 4. The lowest BCUT2D eigenvalue weighted by Gasteiger charge is -2.23. The Hall–Kier alpha value is -3.09. The fourth-order valence-electron chi connectivity index (χ4n) is 3.79. The van der Waals surface area contributed by atoms with Gasteiger partial charge in [0, 0.05) is 23.1 Å². The molecule has 1 fully saturated rings. The Bertz CT molecular complexity index is 892. The molecule has 0 saturated heterocycles. The number of rotatable bonds is 5. The molecule has 7 nitrogen and oxygen atoms in total. The number of aromatic nitrogens is 1. The smallest absolute Gasteiger partial charge is 0.338 e. The lowest BCUT2D eigenvalue weighted by Crippen LogP contribution is -2.48. The molecule has 7 heteroatoms. The Morgan fingerprint density at radius 2 is 1.57 bits per heavy atom. The molecule has 1 heterocycles. The summed E-state index contributed by atoms with van der Waals surface area (Å²) >= 11 is 0. The third-order valence-electron chi connectivity index (χ3n) is 5.46. The summed E-state index contributed by atoms with van der Waals surface area (Å²) in [6.45, 7) is 5.47. The van der Waals surface area contributed by atoms with Crippen molar-refractivity contribution in [2.45, 2.75) is 65.0 Å². The Morgan fingerprint density at radius 3 is 2.17 bits per heavy atom. The number of urea groups is 1. The minimum absolute atomic E-state index is 0.0930. The topological polar surface area (TPSA) is 89.4 Å². The molecule has 1 aromatic heterocycles. The van der Waals surface area contributed by atoms with Crippen LogP contribution in [0.3, 0.4) is 0 Å². The number of carbonyl (C=O) groups is 3. The molecule has 1 atom stereocenters. The van der Waals surface area contributed by atoms with Gasteiger partial charge in [0.25, 0.3) is 5.91 Å². The normalized spacial score (nSPS) is 15.3. The maximum atomic E-state index is 12.4. The van der Waals surface area contributed by atoms with E-state index in [0.29, 0.717) is 5.56 Å². The van der Waals surface area contributed by atoms with Gasteiger partial charge in [-0.15, -0.1) is 0 Å². The van der Waals surface area contributed by atoms with Crippen molar-refractivity contribution in [1.82, 2.24) is 15.2 Å². The zero-order valence-corrected chi connectivity index (χ0v) is 17.7. The van der Waals surface area contributed by atoms with Gasteiger partial charge in [0.2, 0.25) is 0 Å². The number of nitrogens with one attached hydrogen (secondary N) is 2. The Balaban J connectivity index is 1.53. The molecule has 3 rings (SSSR count). The number of hydrogen-bond donors (Lipinski definition) is 2. The Morgan fingerprint density at radius 1 is 0.967 bits per heavy atom. The van der Waals surface area contributed by atoms with Gasteiger partial charge < -0.3 is 14.6 Å². The molecule has 0 radical (unpaired) electrons. The molecule has 30 heavy (non-hydrogen) atoms. The minimum atomic E-state index is -1.08. The maximum absolute atomic E-state index is 12.4. The van der Waals surface area contributed by atoms with Crippen molar-refractivity contribution in [3.63, 3.8) is 0 Å². The van der Waals surface area contributed by atoms with Crippen LogP contribution in [-0.2, 0) is 9.53 Å². The third-order valence-corrected chi connectivity index (χ3v) is 5.46. The summed E-state index contributed by atoms with van der Waals surface area (Å²) in [7, 11) is 0. The van der Waals surface area contributed by atoms with Crippen LogP contribution in [0.4, 0.5) is 4.79 Å². The molecule has 3 amide bonds. The molecule has 0 spiro atoms. The highest BCUT2D eigenvalue weighted by atomic mass is 16.5. The predicted octanol–water partition coefficient (Wildman–Crippen LogP) is 3.80. The van der Waals surface area contributed by atoms with Crippen molar-refractivity contribution < 1.29 is 19.1 Å². The highest BCUT2D eigenvalue weighted by Gasteiger charge is 2.22. The number of ether oxygens (including phenoxy) is 1. The van der Waals surface area contributed by atoms with E-state index in [9.17, 15) is 14.4 Å². The molecular weight excluding hydrogens is 382 g/mol. The van der Waals surface area contributed by atoms with Crippen LogP contribution in [-0.4, -0.2) is 34.6 Å². The van der Waals surface area contributed by atoms with E-state index in [2.05, 4.69) is 15.2 Å². The molecule has 2 aromatic rings. The fourth-order valence-corrected chi connectivity index (χ4v) is 3.79. The van der Waals surface area contributed by atoms with Crippen molar-refractivity contribution in [3.05, 3.63) is 53.3 Å². The van der Waals surface area contributed by atoms with Crippen LogP contribution < -0.4 is 10.6 Å². The molecular formula is C23H29N3O4. The van der Waals surface area contributed by atoms with Gasteiger partial charge in [0.1, 0.15) is 0 Å². The summed E-state index contributed by atoms with van der Waals surface area (Å²) in [6, 6.07) is 10.6. The Kier molecular flexibility index (Phi) is 6.92. The van der Waals surface area contributed by atoms with Gasteiger partial charge in [0.05, 0.1) is 5.56 Å². The Labute approximate surface area is 176 Å². The first kappa shape index (κ1) is 21.6. The number of nitrogens with zero attached hydrogens (tertiary/aromatic N) is 1. The van der Waals surface area contributed by atoms with Crippen LogP contribution >= 0.6 is 0 Å². The lowest BCUT2D eigenvalue weighted by atomic mass is 9.96. The van der Waals surface area contributed by atoms with Crippen molar-refractivity contribution in [1.29, 1.82) is 0 Å². The zero-order valence-electron chi connectivity index (χ0n) is 17.7. The van der Waals surface area contributed by atoms with Crippen molar-refractivity contribution >= 4 is 17.9 Å². The number of esters is 1. The number of amides is 3. The van der Waals surface area contributed by atoms with Crippen LogP contribution in [0.15, 0.2) is 36.4 Å². The van der Waals surface area contributed by atoms with Crippen molar-refractivity contribution in [3.8, 4) is 5.69 Å². The van der Waals surface area contributed by atoms with Crippen molar-refractivity contribution in [2.75, 3.05) is 0 Å². The second kappa shape index (κ2) is 9.61. The molecule has 0 bridgehead atoms. The quantitative estimate of drug-likeness (QED) is 0.733. The van der Waals surface area contributed by atoms with Crippen LogP contribution in [0, 0.1) is 13.8 Å². The first-order valence-corrected chi connectivity index (χ1v) is 10.4. The summed E-state index contributed by atoms with van der Waals surface area (Å²) in [6.07, 6.45) is 4.10. The monoisotopic (exact) mass is 411 g/mol. The summed E-state index contributed by atoms with van der Waals surface area (Å²) in [5.41, 5.74) is 3.48. The van der Waals surface area contributed by atoms with E-state index in [1.54, 1.807) is 12.1 Å². The van der Waals surface area contributed by atoms with Gasteiger partial charge in [-0.3, -0.25) is 10.1 Å². The number of imide groups is 1. The van der Waals surface area contributed by atoms with E-state index in [-0.39, 0.29) is 6.04 Å². The first-order valence-electron chi connectivity index (χ1n) is 10.4. The average molecular weight is 412 g/mol. The van der Waals surface area contributed by atoms with Gasteiger partial charge in [-0.25, -0.2) is 9.59 Å². The van der Waals surface area contributed by atoms with Crippen LogP contribution in [0.2, 0.25) is 0 Å². The summed E-state index contributed by atoms with van der Waals surface area (Å²) in [5.74, 6) is -1.26.